The number of benzene rings is 1. The van der Waals surface area contributed by atoms with Crippen LogP contribution in [0.4, 0.5) is 17.2 Å². The summed E-state index contributed by atoms with van der Waals surface area (Å²) in [7, 11) is 0. The zero-order valence-electron chi connectivity index (χ0n) is 13.2. The number of rotatable bonds is 4. The van der Waals surface area contributed by atoms with Gasteiger partial charge in [0.05, 0.1) is 16.8 Å². The molecule has 0 amide bonds. The highest BCUT2D eigenvalue weighted by atomic mass is 32.1. The molecule has 0 radical (unpaired) electrons. The first-order valence-electron chi connectivity index (χ1n) is 8.12. The van der Waals surface area contributed by atoms with E-state index in [9.17, 15) is 0 Å². The second-order valence-electron chi connectivity index (χ2n) is 6.12. The lowest BCUT2D eigenvalue weighted by Crippen LogP contribution is -2.15. The molecule has 5 heteroatoms. The highest BCUT2D eigenvalue weighted by Crippen LogP contribution is 2.33. The summed E-state index contributed by atoms with van der Waals surface area (Å²) in [6.07, 6.45) is 6.81. The highest BCUT2D eigenvalue weighted by molar-refractivity contribution is 7.17. The number of hydrogen-bond acceptors (Lipinski definition) is 5. The third-order valence-electron chi connectivity index (χ3n) is 4.45. The summed E-state index contributed by atoms with van der Waals surface area (Å²) in [5.41, 5.74) is 3.44. The SMILES string of the molecule is Cc1csc2ncnc(Nc3ccccc3NC3CCCC3)c12. The normalized spacial score (nSPS) is 15.2. The average Bonchev–Trinajstić information content (AvgIpc) is 3.20. The largest absolute Gasteiger partial charge is 0.381 e. The maximum Gasteiger partial charge on any atom is 0.142 e. The molecule has 1 aromatic carbocycles. The average molecular weight is 324 g/mol. The van der Waals surface area contributed by atoms with Crippen LogP contribution in [0.5, 0.6) is 0 Å². The topological polar surface area (TPSA) is 49.8 Å². The minimum Gasteiger partial charge on any atom is -0.381 e. The van der Waals surface area contributed by atoms with E-state index in [4.69, 9.17) is 0 Å². The molecule has 0 aliphatic heterocycles. The summed E-state index contributed by atoms with van der Waals surface area (Å²) in [6, 6.07) is 8.97. The first-order valence-corrected chi connectivity index (χ1v) is 9.00. The van der Waals surface area contributed by atoms with Crippen LogP contribution in [0.2, 0.25) is 0 Å². The summed E-state index contributed by atoms with van der Waals surface area (Å²) in [6.45, 7) is 2.11. The number of para-hydroxylation sites is 2. The number of fused-ring (bicyclic) bond motifs is 1. The van der Waals surface area contributed by atoms with Crippen LogP contribution in [-0.4, -0.2) is 16.0 Å². The lowest BCUT2D eigenvalue weighted by Gasteiger charge is -2.18. The molecule has 4 nitrogen and oxygen atoms in total. The molecule has 118 valence electrons. The zero-order chi connectivity index (χ0) is 15.6. The standard InChI is InChI=1S/C18H20N4S/c1-12-10-23-18-16(12)17(19-11-20-18)22-15-9-5-4-8-14(15)21-13-6-2-3-7-13/h4-5,8-11,13,21H,2-3,6-7H2,1H3,(H,19,20,22). The van der Waals surface area contributed by atoms with Crippen LogP contribution in [0, 0.1) is 6.92 Å². The van der Waals surface area contributed by atoms with E-state index in [1.807, 2.05) is 0 Å². The predicted molar refractivity (Wildman–Crippen MR) is 97.8 cm³/mol. The summed E-state index contributed by atoms with van der Waals surface area (Å²) in [5.74, 6) is 0.884. The van der Waals surface area contributed by atoms with Crippen molar-refractivity contribution in [2.24, 2.45) is 0 Å². The Morgan fingerprint density at radius 3 is 2.70 bits per heavy atom. The van der Waals surface area contributed by atoms with Gasteiger partial charge in [0.1, 0.15) is 17.0 Å². The minimum absolute atomic E-state index is 0.589. The molecule has 0 spiro atoms. The Kier molecular flexibility index (Phi) is 3.87. The van der Waals surface area contributed by atoms with Gasteiger partial charge >= 0.3 is 0 Å². The Hall–Kier alpha value is -2.14. The van der Waals surface area contributed by atoms with Crippen molar-refractivity contribution in [3.05, 3.63) is 41.5 Å². The molecule has 23 heavy (non-hydrogen) atoms. The van der Waals surface area contributed by atoms with Crippen molar-refractivity contribution in [3.8, 4) is 0 Å². The van der Waals surface area contributed by atoms with Crippen molar-refractivity contribution in [1.29, 1.82) is 0 Å². The van der Waals surface area contributed by atoms with Crippen molar-refractivity contribution in [1.82, 2.24) is 9.97 Å². The Balaban J connectivity index is 1.66. The summed E-state index contributed by atoms with van der Waals surface area (Å²) < 4.78 is 0. The minimum atomic E-state index is 0.589. The monoisotopic (exact) mass is 324 g/mol. The number of nitrogens with zero attached hydrogens (tertiary/aromatic N) is 2. The summed E-state index contributed by atoms with van der Waals surface area (Å²) >= 11 is 1.66. The number of hydrogen-bond donors (Lipinski definition) is 2. The van der Waals surface area contributed by atoms with Gasteiger partial charge in [-0.05, 0) is 42.8 Å². The quantitative estimate of drug-likeness (QED) is 0.701. The van der Waals surface area contributed by atoms with Crippen molar-refractivity contribution in [2.45, 2.75) is 38.6 Å². The predicted octanol–water partition coefficient (Wildman–Crippen LogP) is 5.10. The lowest BCUT2D eigenvalue weighted by molar-refractivity contribution is 0.756. The van der Waals surface area contributed by atoms with Gasteiger partial charge in [-0.2, -0.15) is 0 Å². The highest BCUT2D eigenvalue weighted by Gasteiger charge is 2.16. The van der Waals surface area contributed by atoms with E-state index in [-0.39, 0.29) is 0 Å². The smallest absolute Gasteiger partial charge is 0.142 e. The van der Waals surface area contributed by atoms with Crippen LogP contribution in [0.25, 0.3) is 10.2 Å². The van der Waals surface area contributed by atoms with Gasteiger partial charge in [-0.25, -0.2) is 9.97 Å². The molecule has 4 rings (SSSR count). The fraction of sp³-hybridized carbons (Fsp3) is 0.333. The van der Waals surface area contributed by atoms with E-state index in [1.165, 1.54) is 31.2 Å². The third-order valence-corrected chi connectivity index (χ3v) is 5.45. The molecule has 3 aromatic rings. The molecule has 1 aliphatic rings. The first-order chi connectivity index (χ1) is 11.3. The number of anilines is 3. The van der Waals surface area contributed by atoms with Gasteiger partial charge in [0.15, 0.2) is 0 Å². The van der Waals surface area contributed by atoms with Crippen molar-refractivity contribution < 1.29 is 0 Å². The van der Waals surface area contributed by atoms with E-state index < -0.39 is 0 Å². The Morgan fingerprint density at radius 2 is 1.87 bits per heavy atom. The maximum absolute atomic E-state index is 4.46. The Labute approximate surface area is 140 Å². The van der Waals surface area contributed by atoms with Gasteiger partial charge in [0, 0.05) is 6.04 Å². The molecule has 0 unspecified atom stereocenters. The third kappa shape index (κ3) is 2.88. The molecular weight excluding hydrogens is 304 g/mol. The van der Waals surface area contributed by atoms with E-state index in [0.29, 0.717) is 6.04 Å². The fourth-order valence-electron chi connectivity index (χ4n) is 3.25. The maximum atomic E-state index is 4.46. The van der Waals surface area contributed by atoms with Gasteiger partial charge in [0.25, 0.3) is 0 Å². The van der Waals surface area contributed by atoms with Gasteiger partial charge < -0.3 is 10.6 Å². The van der Waals surface area contributed by atoms with Crippen LogP contribution in [0.1, 0.15) is 31.2 Å². The van der Waals surface area contributed by atoms with Crippen LogP contribution in [0.3, 0.4) is 0 Å². The molecular formula is C18H20N4S. The summed E-state index contributed by atoms with van der Waals surface area (Å²) in [5, 5.41) is 10.4. The van der Waals surface area contributed by atoms with Crippen LogP contribution >= 0.6 is 11.3 Å². The van der Waals surface area contributed by atoms with Crippen LogP contribution < -0.4 is 10.6 Å². The Morgan fingerprint density at radius 1 is 1.09 bits per heavy atom. The van der Waals surface area contributed by atoms with Crippen LogP contribution in [0.15, 0.2) is 36.0 Å². The van der Waals surface area contributed by atoms with E-state index in [2.05, 4.69) is 57.2 Å². The zero-order valence-corrected chi connectivity index (χ0v) is 14.0. The first kappa shape index (κ1) is 14.5. The van der Waals surface area contributed by atoms with Gasteiger partial charge in [-0.3, -0.25) is 0 Å². The van der Waals surface area contributed by atoms with Crippen molar-refractivity contribution >= 4 is 38.7 Å². The second kappa shape index (κ2) is 6.16. The van der Waals surface area contributed by atoms with E-state index in [0.717, 1.165) is 27.4 Å². The van der Waals surface area contributed by atoms with Crippen molar-refractivity contribution in [2.75, 3.05) is 10.6 Å². The number of nitrogens with one attached hydrogen (secondary N) is 2. The molecule has 2 N–H and O–H groups in total. The van der Waals surface area contributed by atoms with Crippen molar-refractivity contribution in [3.63, 3.8) is 0 Å². The van der Waals surface area contributed by atoms with E-state index in [1.54, 1.807) is 17.7 Å². The number of thiophene rings is 1. The van der Waals surface area contributed by atoms with Gasteiger partial charge in [-0.1, -0.05) is 25.0 Å². The van der Waals surface area contributed by atoms with Crippen LogP contribution in [-0.2, 0) is 0 Å². The molecule has 0 atom stereocenters. The second-order valence-corrected chi connectivity index (χ2v) is 6.98. The van der Waals surface area contributed by atoms with Gasteiger partial charge in [-0.15, -0.1) is 11.3 Å². The van der Waals surface area contributed by atoms with Gasteiger partial charge in [0.2, 0.25) is 0 Å². The lowest BCUT2D eigenvalue weighted by atomic mass is 10.2. The number of aryl methyl sites for hydroxylation is 1. The molecule has 2 aromatic heterocycles. The molecule has 0 saturated heterocycles. The number of aromatic nitrogens is 2. The molecule has 1 fully saturated rings. The summed E-state index contributed by atoms with van der Waals surface area (Å²) in [4.78, 5) is 9.86. The van der Waals surface area contributed by atoms with E-state index >= 15 is 0 Å². The molecule has 0 bridgehead atoms. The molecule has 1 saturated carbocycles. The fourth-order valence-corrected chi connectivity index (χ4v) is 4.14. The molecule has 1 aliphatic carbocycles. The Bertz CT molecular complexity index is 821. The molecule has 2 heterocycles.